The minimum Gasteiger partial charge on any atom is -0.508 e. The van der Waals surface area contributed by atoms with Crippen LogP contribution in [0.3, 0.4) is 0 Å². The number of carbonyl (C=O) groups is 1. The van der Waals surface area contributed by atoms with Crippen molar-refractivity contribution < 1.29 is 23.8 Å². The van der Waals surface area contributed by atoms with Crippen molar-refractivity contribution in [1.29, 1.82) is 0 Å². The molecule has 1 aromatic carbocycles. The van der Waals surface area contributed by atoms with Crippen molar-refractivity contribution in [3.63, 3.8) is 0 Å². The van der Waals surface area contributed by atoms with E-state index in [1.807, 2.05) is 6.92 Å². The van der Waals surface area contributed by atoms with E-state index in [1.54, 1.807) is 6.07 Å². The summed E-state index contributed by atoms with van der Waals surface area (Å²) in [5, 5.41) is 9.82. The molecule has 0 unspecified atom stereocenters. The van der Waals surface area contributed by atoms with Gasteiger partial charge in [-0.15, -0.1) is 0 Å². The van der Waals surface area contributed by atoms with Crippen LogP contribution in [0.5, 0.6) is 11.5 Å². The highest BCUT2D eigenvalue weighted by Gasteiger charge is 2.45. The van der Waals surface area contributed by atoms with E-state index in [0.29, 0.717) is 29.0 Å². The number of carbonyl (C=O) groups excluding carboxylic acids is 1. The lowest BCUT2D eigenvalue weighted by atomic mass is 10.2. The standard InChI is InChI=1S/C20H34O5Si/c1-13(2)26(14(3)4,15(5)6)24-12-16(7)25-19-10-17(20(22)23-8)9-18(21)11-19/h9-11,13-16,21H,12H2,1-8H3/t16-/m0/s1. The molecule has 1 atom stereocenters. The lowest BCUT2D eigenvalue weighted by Gasteiger charge is -2.42. The molecular formula is C20H34O5Si. The van der Waals surface area contributed by atoms with Gasteiger partial charge in [0.05, 0.1) is 19.3 Å². The Morgan fingerprint density at radius 2 is 1.54 bits per heavy atom. The van der Waals surface area contributed by atoms with Crippen molar-refractivity contribution in [2.75, 3.05) is 13.7 Å². The second-order valence-corrected chi connectivity index (χ2v) is 13.2. The van der Waals surface area contributed by atoms with Crippen LogP contribution in [0.15, 0.2) is 18.2 Å². The maximum Gasteiger partial charge on any atom is 0.338 e. The maximum absolute atomic E-state index is 11.7. The quantitative estimate of drug-likeness (QED) is 0.473. The van der Waals surface area contributed by atoms with E-state index < -0.39 is 14.3 Å². The number of phenolic OH excluding ortho intramolecular Hbond substituents is 1. The average molecular weight is 383 g/mol. The number of ether oxygens (including phenoxy) is 2. The predicted molar refractivity (Wildman–Crippen MR) is 107 cm³/mol. The summed E-state index contributed by atoms with van der Waals surface area (Å²) in [6.45, 7) is 15.9. The number of phenols is 1. The average Bonchev–Trinajstić information content (AvgIpc) is 2.52. The molecule has 148 valence electrons. The Balaban J connectivity index is 2.87. The molecule has 5 nitrogen and oxygen atoms in total. The highest BCUT2D eigenvalue weighted by atomic mass is 28.4. The van der Waals surface area contributed by atoms with E-state index in [4.69, 9.17) is 13.9 Å². The van der Waals surface area contributed by atoms with Gasteiger partial charge in [-0.05, 0) is 35.7 Å². The second kappa shape index (κ2) is 9.42. The Kier molecular flexibility index (Phi) is 8.15. The van der Waals surface area contributed by atoms with Gasteiger partial charge in [0.1, 0.15) is 17.6 Å². The van der Waals surface area contributed by atoms with E-state index in [2.05, 4.69) is 41.5 Å². The summed E-state index contributed by atoms with van der Waals surface area (Å²) in [4.78, 5) is 11.7. The minimum atomic E-state index is -1.96. The van der Waals surface area contributed by atoms with Crippen molar-refractivity contribution in [2.45, 2.75) is 71.2 Å². The molecule has 6 heteroatoms. The van der Waals surface area contributed by atoms with Crippen LogP contribution in [0.25, 0.3) is 0 Å². The molecule has 0 aliphatic carbocycles. The van der Waals surface area contributed by atoms with E-state index in [9.17, 15) is 9.90 Å². The van der Waals surface area contributed by atoms with Gasteiger partial charge in [-0.3, -0.25) is 0 Å². The van der Waals surface area contributed by atoms with E-state index >= 15 is 0 Å². The summed E-state index contributed by atoms with van der Waals surface area (Å²) in [7, 11) is -0.654. The van der Waals surface area contributed by atoms with Gasteiger partial charge in [-0.2, -0.15) is 0 Å². The van der Waals surface area contributed by atoms with E-state index in [0.717, 1.165) is 0 Å². The number of aromatic hydroxyl groups is 1. The Morgan fingerprint density at radius 1 is 1.00 bits per heavy atom. The number of esters is 1. The molecular weight excluding hydrogens is 348 g/mol. The largest absolute Gasteiger partial charge is 0.508 e. The molecule has 0 amide bonds. The van der Waals surface area contributed by atoms with Gasteiger partial charge in [0, 0.05) is 6.07 Å². The fraction of sp³-hybridized carbons (Fsp3) is 0.650. The number of hydrogen-bond acceptors (Lipinski definition) is 5. The molecule has 0 radical (unpaired) electrons. The summed E-state index contributed by atoms with van der Waals surface area (Å²) in [6.07, 6.45) is -0.203. The molecule has 0 bridgehead atoms. The summed E-state index contributed by atoms with van der Waals surface area (Å²) >= 11 is 0. The Hall–Kier alpha value is -1.53. The Bertz CT molecular complexity index is 576. The number of hydrogen-bond donors (Lipinski definition) is 1. The summed E-state index contributed by atoms with van der Waals surface area (Å²) in [5.41, 5.74) is 1.76. The molecule has 26 heavy (non-hydrogen) atoms. The summed E-state index contributed by atoms with van der Waals surface area (Å²) in [5.74, 6) is -0.126. The smallest absolute Gasteiger partial charge is 0.338 e. The Labute approximate surface area is 158 Å². The van der Waals surface area contributed by atoms with Gasteiger partial charge in [0.15, 0.2) is 0 Å². The maximum atomic E-state index is 11.7. The number of rotatable bonds is 9. The zero-order chi connectivity index (χ0) is 20.1. The Morgan fingerprint density at radius 3 is 2.00 bits per heavy atom. The SMILES string of the molecule is COC(=O)c1cc(O)cc(O[C@@H](C)CO[Si](C(C)C)(C(C)C)C(C)C)c1. The fourth-order valence-corrected chi connectivity index (χ4v) is 9.44. The van der Waals surface area contributed by atoms with Crippen LogP contribution in [0.1, 0.15) is 58.8 Å². The van der Waals surface area contributed by atoms with Crippen LogP contribution < -0.4 is 4.74 Å². The van der Waals surface area contributed by atoms with Crippen molar-refractivity contribution in [1.82, 2.24) is 0 Å². The molecule has 1 N–H and O–H groups in total. The molecule has 0 aromatic heterocycles. The van der Waals surface area contributed by atoms with E-state index in [1.165, 1.54) is 19.2 Å². The first-order valence-corrected chi connectivity index (χ1v) is 11.4. The van der Waals surface area contributed by atoms with Crippen LogP contribution in [-0.2, 0) is 9.16 Å². The molecule has 0 fully saturated rings. The zero-order valence-corrected chi connectivity index (χ0v) is 18.3. The van der Waals surface area contributed by atoms with Gasteiger partial charge >= 0.3 is 5.97 Å². The first-order valence-electron chi connectivity index (χ1n) is 9.27. The monoisotopic (exact) mass is 382 g/mol. The molecule has 0 aliphatic heterocycles. The molecule has 1 rings (SSSR count). The first kappa shape index (κ1) is 22.5. The predicted octanol–water partition coefficient (Wildman–Crippen LogP) is 5.14. The molecule has 0 saturated heterocycles. The third-order valence-electron chi connectivity index (χ3n) is 4.92. The van der Waals surface area contributed by atoms with Gasteiger partial charge in [-0.25, -0.2) is 4.79 Å². The normalized spacial score (nSPS) is 13.3. The number of methoxy groups -OCH3 is 1. The highest BCUT2D eigenvalue weighted by Crippen LogP contribution is 2.42. The van der Waals surface area contributed by atoms with Gasteiger partial charge in [0.2, 0.25) is 8.32 Å². The van der Waals surface area contributed by atoms with Crippen molar-refractivity contribution in [3.05, 3.63) is 23.8 Å². The van der Waals surface area contributed by atoms with Gasteiger partial charge in [-0.1, -0.05) is 41.5 Å². The van der Waals surface area contributed by atoms with Gasteiger partial charge in [0.25, 0.3) is 0 Å². The fourth-order valence-electron chi connectivity index (χ4n) is 3.92. The highest BCUT2D eigenvalue weighted by molar-refractivity contribution is 6.77. The summed E-state index contributed by atoms with van der Waals surface area (Å²) < 4.78 is 17.1. The molecule has 0 aliphatic rings. The van der Waals surface area contributed by atoms with Gasteiger partial charge < -0.3 is 19.0 Å². The van der Waals surface area contributed by atoms with Crippen LogP contribution in [-0.4, -0.2) is 39.2 Å². The van der Waals surface area contributed by atoms with Crippen LogP contribution in [0.2, 0.25) is 16.6 Å². The lowest BCUT2D eigenvalue weighted by Crippen LogP contribution is -2.49. The van der Waals surface area contributed by atoms with Crippen LogP contribution in [0.4, 0.5) is 0 Å². The third kappa shape index (κ3) is 5.24. The zero-order valence-electron chi connectivity index (χ0n) is 17.3. The van der Waals surface area contributed by atoms with Crippen LogP contribution in [0, 0.1) is 0 Å². The summed E-state index contributed by atoms with van der Waals surface area (Å²) in [6, 6.07) is 4.41. The minimum absolute atomic E-state index is 0.0359. The van der Waals surface area contributed by atoms with Crippen molar-refractivity contribution in [2.24, 2.45) is 0 Å². The topological polar surface area (TPSA) is 65.0 Å². The lowest BCUT2D eigenvalue weighted by molar-refractivity contribution is 0.0599. The first-order chi connectivity index (χ1) is 12.0. The van der Waals surface area contributed by atoms with Crippen LogP contribution >= 0.6 is 0 Å². The van der Waals surface area contributed by atoms with E-state index in [-0.39, 0.29) is 17.4 Å². The second-order valence-electron chi connectivity index (χ2n) is 7.76. The third-order valence-corrected chi connectivity index (χ3v) is 11.0. The molecule has 0 spiro atoms. The van der Waals surface area contributed by atoms with Crippen molar-refractivity contribution in [3.8, 4) is 11.5 Å². The molecule has 1 aromatic rings. The number of benzene rings is 1. The molecule has 0 saturated carbocycles. The molecule has 0 heterocycles. The van der Waals surface area contributed by atoms with Crippen molar-refractivity contribution >= 4 is 14.3 Å².